The van der Waals surface area contributed by atoms with E-state index < -0.39 is 0 Å². The van der Waals surface area contributed by atoms with Crippen LogP contribution in [-0.4, -0.2) is 37.6 Å². The number of rotatable bonds is 5. The third kappa shape index (κ3) is 4.05. The largest absolute Gasteiger partial charge is 0.466 e. The Morgan fingerprint density at radius 2 is 2.00 bits per heavy atom. The van der Waals surface area contributed by atoms with Gasteiger partial charge in [0, 0.05) is 11.1 Å². The fourth-order valence-electron chi connectivity index (χ4n) is 3.71. The molecule has 1 unspecified atom stereocenters. The van der Waals surface area contributed by atoms with Crippen LogP contribution < -0.4 is 10.2 Å². The first-order valence-electron chi connectivity index (χ1n) is 9.40. The number of hydrogen-bond acceptors (Lipinski definition) is 3. The highest BCUT2D eigenvalue weighted by atomic mass is 16.5. The average molecular weight is 355 g/mol. The number of carbonyl (C=O) groups excluding carboxylic acids is 2. The zero-order chi connectivity index (χ0) is 18.5. The molecular weight excluding hydrogens is 328 g/mol. The van der Waals surface area contributed by atoms with Crippen LogP contribution in [0, 0.1) is 5.92 Å². The summed E-state index contributed by atoms with van der Waals surface area (Å²) in [6.07, 6.45) is 1.78. The summed E-state index contributed by atoms with van der Waals surface area (Å²) in [5.41, 5.74) is 0.832. The standard InChI is InChI=1S/C21H26N2O3/c1-3-26-21(25)17-10-7-13-23(14-17)15(2)20(24)22-19-12-6-9-16-8-4-5-11-18(16)19/h4-6,8-9,11-12,15,17H,3,7,10,13-14H2,1-2H3,(H,22,24)/p+1/t15-,17+/m0/s1. The van der Waals surface area contributed by atoms with E-state index in [1.54, 1.807) is 0 Å². The van der Waals surface area contributed by atoms with E-state index in [2.05, 4.69) is 5.32 Å². The molecule has 3 atom stereocenters. The normalized spacial score (nSPS) is 21.2. The second-order valence-electron chi connectivity index (χ2n) is 6.94. The van der Waals surface area contributed by atoms with Gasteiger partial charge in [-0.15, -0.1) is 0 Å². The highest BCUT2D eigenvalue weighted by Gasteiger charge is 2.34. The van der Waals surface area contributed by atoms with Crippen molar-refractivity contribution in [1.82, 2.24) is 0 Å². The summed E-state index contributed by atoms with van der Waals surface area (Å²) in [7, 11) is 0. The molecule has 26 heavy (non-hydrogen) atoms. The summed E-state index contributed by atoms with van der Waals surface area (Å²) >= 11 is 0. The highest BCUT2D eigenvalue weighted by Crippen LogP contribution is 2.23. The minimum absolute atomic E-state index is 0.0131. The molecule has 2 N–H and O–H groups in total. The Labute approximate surface area is 154 Å². The lowest BCUT2D eigenvalue weighted by atomic mass is 9.97. The second-order valence-corrected chi connectivity index (χ2v) is 6.94. The number of likely N-dealkylation sites (tertiary alicyclic amines) is 1. The van der Waals surface area contributed by atoms with E-state index in [9.17, 15) is 9.59 Å². The Balaban J connectivity index is 1.68. The van der Waals surface area contributed by atoms with Gasteiger partial charge in [-0.05, 0) is 38.1 Å². The van der Waals surface area contributed by atoms with Crippen LogP contribution >= 0.6 is 0 Å². The minimum Gasteiger partial charge on any atom is -0.466 e. The van der Waals surface area contributed by atoms with E-state index in [4.69, 9.17) is 4.74 Å². The molecule has 5 heteroatoms. The predicted molar refractivity (Wildman–Crippen MR) is 102 cm³/mol. The van der Waals surface area contributed by atoms with Crippen molar-refractivity contribution in [3.63, 3.8) is 0 Å². The molecule has 0 bridgehead atoms. The molecule has 3 rings (SSSR count). The van der Waals surface area contributed by atoms with Gasteiger partial charge < -0.3 is 15.0 Å². The number of esters is 1. The van der Waals surface area contributed by atoms with Gasteiger partial charge in [0.1, 0.15) is 5.92 Å². The van der Waals surface area contributed by atoms with Crippen molar-refractivity contribution in [2.24, 2.45) is 5.92 Å². The Bertz CT molecular complexity index is 784. The van der Waals surface area contributed by atoms with Crippen molar-refractivity contribution in [1.29, 1.82) is 0 Å². The Kier molecular flexibility index (Phi) is 5.89. The Morgan fingerprint density at radius 3 is 2.81 bits per heavy atom. The molecule has 0 saturated carbocycles. The molecule has 1 heterocycles. The number of carbonyl (C=O) groups is 2. The summed E-state index contributed by atoms with van der Waals surface area (Å²) < 4.78 is 5.16. The number of amides is 1. The van der Waals surface area contributed by atoms with Gasteiger partial charge in [0.15, 0.2) is 6.04 Å². The summed E-state index contributed by atoms with van der Waals surface area (Å²) in [5.74, 6) is -0.251. The number of piperidine rings is 1. The lowest BCUT2D eigenvalue weighted by molar-refractivity contribution is -0.921. The van der Waals surface area contributed by atoms with Gasteiger partial charge in [-0.25, -0.2) is 0 Å². The van der Waals surface area contributed by atoms with Crippen molar-refractivity contribution >= 4 is 28.3 Å². The third-order valence-electron chi connectivity index (χ3n) is 5.23. The fraction of sp³-hybridized carbons (Fsp3) is 0.429. The molecule has 1 amide bonds. The van der Waals surface area contributed by atoms with Crippen molar-refractivity contribution in [2.75, 3.05) is 25.0 Å². The number of fused-ring (bicyclic) bond motifs is 1. The molecule has 0 radical (unpaired) electrons. The Morgan fingerprint density at radius 1 is 1.23 bits per heavy atom. The molecule has 0 aliphatic carbocycles. The van der Waals surface area contributed by atoms with Crippen molar-refractivity contribution < 1.29 is 19.2 Å². The number of nitrogens with one attached hydrogen (secondary N) is 2. The number of hydrogen-bond donors (Lipinski definition) is 2. The molecule has 2 aromatic carbocycles. The smallest absolute Gasteiger partial charge is 0.314 e. The van der Waals surface area contributed by atoms with E-state index in [0.29, 0.717) is 13.2 Å². The molecule has 138 valence electrons. The molecule has 1 fully saturated rings. The summed E-state index contributed by atoms with van der Waals surface area (Å²) in [4.78, 5) is 26.0. The monoisotopic (exact) mass is 355 g/mol. The highest BCUT2D eigenvalue weighted by molar-refractivity contribution is 6.03. The first-order valence-corrected chi connectivity index (χ1v) is 9.40. The summed E-state index contributed by atoms with van der Waals surface area (Å²) in [6.45, 7) is 5.72. The van der Waals surface area contributed by atoms with Crippen LogP contribution in [0.3, 0.4) is 0 Å². The van der Waals surface area contributed by atoms with Crippen LogP contribution in [0.15, 0.2) is 42.5 Å². The molecule has 0 aromatic heterocycles. The van der Waals surface area contributed by atoms with Crippen LogP contribution in [0.5, 0.6) is 0 Å². The SMILES string of the molecule is CCOC(=O)[C@@H]1CCC[NH+]([C@@H](C)C(=O)Nc2cccc3ccccc23)C1. The van der Waals surface area contributed by atoms with E-state index >= 15 is 0 Å². The van der Waals surface area contributed by atoms with E-state index in [1.807, 2.05) is 56.3 Å². The van der Waals surface area contributed by atoms with Gasteiger partial charge >= 0.3 is 5.97 Å². The minimum atomic E-state index is -0.216. The summed E-state index contributed by atoms with van der Waals surface area (Å²) in [5, 5.41) is 5.21. The van der Waals surface area contributed by atoms with Crippen molar-refractivity contribution in [3.8, 4) is 0 Å². The molecule has 1 aliphatic heterocycles. The van der Waals surface area contributed by atoms with Crippen LogP contribution in [-0.2, 0) is 14.3 Å². The van der Waals surface area contributed by atoms with Crippen LogP contribution in [0.25, 0.3) is 10.8 Å². The zero-order valence-corrected chi connectivity index (χ0v) is 15.5. The Hall–Kier alpha value is -2.40. The van der Waals surface area contributed by atoms with Gasteiger partial charge in [0.05, 0.1) is 19.7 Å². The van der Waals surface area contributed by atoms with E-state index in [-0.39, 0.29) is 23.8 Å². The zero-order valence-electron chi connectivity index (χ0n) is 15.5. The quantitative estimate of drug-likeness (QED) is 0.807. The van der Waals surface area contributed by atoms with Crippen LogP contribution in [0.2, 0.25) is 0 Å². The lowest BCUT2D eigenvalue weighted by Gasteiger charge is -2.32. The number of quaternary nitrogens is 1. The van der Waals surface area contributed by atoms with Crippen molar-refractivity contribution in [3.05, 3.63) is 42.5 Å². The van der Waals surface area contributed by atoms with Gasteiger partial charge in [0.2, 0.25) is 0 Å². The third-order valence-corrected chi connectivity index (χ3v) is 5.23. The molecule has 5 nitrogen and oxygen atoms in total. The maximum absolute atomic E-state index is 12.8. The average Bonchev–Trinajstić information content (AvgIpc) is 2.68. The van der Waals surface area contributed by atoms with Crippen molar-refractivity contribution in [2.45, 2.75) is 32.7 Å². The van der Waals surface area contributed by atoms with Gasteiger partial charge in [-0.2, -0.15) is 0 Å². The number of benzene rings is 2. The van der Waals surface area contributed by atoms with Gasteiger partial charge in [-0.3, -0.25) is 9.59 Å². The topological polar surface area (TPSA) is 59.8 Å². The number of anilines is 1. The number of ether oxygens (including phenoxy) is 1. The molecule has 0 spiro atoms. The maximum Gasteiger partial charge on any atom is 0.314 e. The predicted octanol–water partition coefficient (Wildman–Crippen LogP) is 2.02. The maximum atomic E-state index is 12.8. The lowest BCUT2D eigenvalue weighted by Crippen LogP contribution is -3.18. The molecular formula is C21H27N2O3+. The molecule has 1 aliphatic rings. The first-order chi connectivity index (χ1) is 12.6. The van der Waals surface area contributed by atoms with E-state index in [1.165, 1.54) is 0 Å². The van der Waals surface area contributed by atoms with Gasteiger partial charge in [-0.1, -0.05) is 36.4 Å². The molecule has 2 aromatic rings. The second kappa shape index (κ2) is 8.32. The molecule has 1 saturated heterocycles. The van der Waals surface area contributed by atoms with Gasteiger partial charge in [0.25, 0.3) is 5.91 Å². The van der Waals surface area contributed by atoms with E-state index in [0.717, 1.165) is 40.7 Å². The fourth-order valence-corrected chi connectivity index (χ4v) is 3.71. The summed E-state index contributed by atoms with van der Waals surface area (Å²) in [6, 6.07) is 13.7. The van der Waals surface area contributed by atoms with Crippen LogP contribution in [0.4, 0.5) is 5.69 Å². The first kappa shape index (κ1) is 18.4. The van der Waals surface area contributed by atoms with Crippen LogP contribution in [0.1, 0.15) is 26.7 Å².